The Morgan fingerprint density at radius 3 is 2.04 bits per heavy atom. The van der Waals surface area contributed by atoms with Gasteiger partial charge in [-0.15, -0.1) is 0 Å². The molecular weight excluding hydrogens is 324 g/mol. The molecule has 0 spiro atoms. The molecule has 5 nitrogen and oxygen atoms in total. The fourth-order valence-electron chi connectivity index (χ4n) is 2.57. The molecule has 3 rings (SSSR count). The van der Waals surface area contributed by atoms with E-state index in [-0.39, 0.29) is 11.8 Å². The van der Waals surface area contributed by atoms with Gasteiger partial charge in [0.05, 0.1) is 17.7 Å². The first-order chi connectivity index (χ1) is 11.6. The molecule has 0 bridgehead atoms. The second kappa shape index (κ2) is 6.88. The summed E-state index contributed by atoms with van der Waals surface area (Å²) in [5, 5.41) is 1.87. The van der Waals surface area contributed by atoms with Crippen molar-refractivity contribution in [2.75, 3.05) is 5.75 Å². The van der Waals surface area contributed by atoms with Crippen molar-refractivity contribution >= 4 is 28.8 Å². The Hall–Kier alpha value is -2.60. The molecule has 0 saturated carbocycles. The van der Waals surface area contributed by atoms with Crippen molar-refractivity contribution in [2.45, 2.75) is 13.5 Å². The number of nitrogens with zero attached hydrogens (tertiary/aromatic N) is 2. The van der Waals surface area contributed by atoms with E-state index in [2.05, 4.69) is 0 Å². The third-order valence-electron chi connectivity index (χ3n) is 3.67. The summed E-state index contributed by atoms with van der Waals surface area (Å²) >= 11 is 1.07. The number of carbonyl (C=O) groups is 3. The first kappa shape index (κ1) is 16.3. The van der Waals surface area contributed by atoms with Crippen LogP contribution < -0.4 is 0 Å². The van der Waals surface area contributed by atoms with E-state index in [9.17, 15) is 14.4 Å². The minimum Gasteiger partial charge on any atom is -0.267 e. The van der Waals surface area contributed by atoms with Gasteiger partial charge in [0.15, 0.2) is 0 Å². The molecule has 1 heterocycles. The van der Waals surface area contributed by atoms with Crippen LogP contribution in [0.4, 0.5) is 4.79 Å². The smallest absolute Gasteiger partial charge is 0.267 e. The zero-order chi connectivity index (χ0) is 17.1. The first-order valence-electron chi connectivity index (χ1n) is 7.59. The van der Waals surface area contributed by atoms with E-state index >= 15 is 0 Å². The van der Waals surface area contributed by atoms with Gasteiger partial charge in [-0.2, -0.15) is 5.01 Å². The second-order valence-electron chi connectivity index (χ2n) is 5.21. The lowest BCUT2D eigenvalue weighted by Gasteiger charge is -2.29. The molecule has 24 heavy (non-hydrogen) atoms. The molecule has 0 aromatic heterocycles. The van der Waals surface area contributed by atoms with Crippen LogP contribution in [0.15, 0.2) is 54.6 Å². The SMILES string of the molecule is CCSC(=O)N(Cc1ccccc1)N1C(=O)c2ccccc2C1=O. The molecule has 0 saturated heterocycles. The Morgan fingerprint density at radius 1 is 0.958 bits per heavy atom. The zero-order valence-corrected chi connectivity index (χ0v) is 14.0. The number of hydrogen-bond acceptors (Lipinski definition) is 4. The molecule has 0 unspecified atom stereocenters. The Bertz CT molecular complexity index is 757. The van der Waals surface area contributed by atoms with Gasteiger partial charge in [-0.25, -0.2) is 5.01 Å². The van der Waals surface area contributed by atoms with Crippen LogP contribution in [0.3, 0.4) is 0 Å². The van der Waals surface area contributed by atoms with Crippen molar-refractivity contribution in [3.05, 3.63) is 71.3 Å². The van der Waals surface area contributed by atoms with E-state index < -0.39 is 11.8 Å². The van der Waals surface area contributed by atoms with Gasteiger partial charge in [0.2, 0.25) is 0 Å². The highest BCUT2D eigenvalue weighted by Crippen LogP contribution is 2.27. The first-order valence-corrected chi connectivity index (χ1v) is 8.58. The predicted octanol–water partition coefficient (Wildman–Crippen LogP) is 3.57. The maximum absolute atomic E-state index is 12.6. The largest absolute Gasteiger partial charge is 0.301 e. The Labute approximate surface area is 144 Å². The lowest BCUT2D eigenvalue weighted by Crippen LogP contribution is -2.47. The Kier molecular flexibility index (Phi) is 4.66. The molecule has 1 aliphatic heterocycles. The monoisotopic (exact) mass is 340 g/mol. The molecule has 0 radical (unpaired) electrons. The lowest BCUT2D eigenvalue weighted by molar-refractivity contribution is 0.0204. The predicted molar refractivity (Wildman–Crippen MR) is 92.5 cm³/mol. The number of carbonyl (C=O) groups excluding carboxylic acids is 3. The van der Waals surface area contributed by atoms with E-state index in [1.165, 1.54) is 5.01 Å². The van der Waals surface area contributed by atoms with E-state index in [1.807, 2.05) is 37.3 Å². The van der Waals surface area contributed by atoms with Crippen LogP contribution in [0.25, 0.3) is 0 Å². The summed E-state index contributed by atoms with van der Waals surface area (Å²) in [7, 11) is 0. The summed E-state index contributed by atoms with van der Waals surface area (Å²) in [4.78, 5) is 37.8. The zero-order valence-electron chi connectivity index (χ0n) is 13.1. The van der Waals surface area contributed by atoms with Gasteiger partial charge in [0.1, 0.15) is 0 Å². The van der Waals surface area contributed by atoms with Gasteiger partial charge < -0.3 is 0 Å². The van der Waals surface area contributed by atoms with Crippen LogP contribution in [0, 0.1) is 0 Å². The highest BCUT2D eigenvalue weighted by Gasteiger charge is 2.41. The average Bonchev–Trinajstić information content (AvgIpc) is 2.86. The third-order valence-corrected chi connectivity index (χ3v) is 4.41. The van der Waals surface area contributed by atoms with Crippen LogP contribution in [-0.2, 0) is 6.54 Å². The number of amides is 3. The highest BCUT2D eigenvalue weighted by molar-refractivity contribution is 8.13. The molecule has 2 aromatic rings. The van der Waals surface area contributed by atoms with Crippen LogP contribution in [0.5, 0.6) is 0 Å². The van der Waals surface area contributed by atoms with Gasteiger partial charge in [-0.1, -0.05) is 61.2 Å². The average molecular weight is 340 g/mol. The molecular formula is C18H16N2O3S. The highest BCUT2D eigenvalue weighted by atomic mass is 32.2. The fraction of sp³-hybridized carbons (Fsp3) is 0.167. The number of fused-ring (bicyclic) bond motifs is 1. The van der Waals surface area contributed by atoms with E-state index in [1.54, 1.807) is 24.3 Å². The van der Waals surface area contributed by atoms with Crippen LogP contribution >= 0.6 is 11.8 Å². The maximum Gasteiger partial charge on any atom is 0.301 e. The summed E-state index contributed by atoms with van der Waals surface area (Å²) in [5.74, 6) is -0.360. The Balaban J connectivity index is 1.96. The second-order valence-corrected chi connectivity index (χ2v) is 6.43. The molecule has 2 aromatic carbocycles. The van der Waals surface area contributed by atoms with Crippen molar-refractivity contribution in [1.82, 2.24) is 10.0 Å². The molecule has 0 atom stereocenters. The topological polar surface area (TPSA) is 57.7 Å². The summed E-state index contributed by atoms with van der Waals surface area (Å²) < 4.78 is 0. The maximum atomic E-state index is 12.6. The minimum atomic E-state index is -0.461. The molecule has 3 amide bonds. The fourth-order valence-corrected chi connectivity index (χ4v) is 3.11. The summed E-state index contributed by atoms with van der Waals surface area (Å²) in [5.41, 5.74) is 1.50. The van der Waals surface area contributed by atoms with Gasteiger partial charge in [-0.3, -0.25) is 14.4 Å². The lowest BCUT2D eigenvalue weighted by atomic mass is 10.1. The number of hydrazine groups is 1. The van der Waals surface area contributed by atoms with E-state index in [4.69, 9.17) is 0 Å². The van der Waals surface area contributed by atoms with Crippen molar-refractivity contribution in [2.24, 2.45) is 0 Å². The molecule has 0 aliphatic carbocycles. The van der Waals surface area contributed by atoms with Crippen molar-refractivity contribution < 1.29 is 14.4 Å². The normalized spacial score (nSPS) is 13.1. The molecule has 6 heteroatoms. The number of hydrogen-bond donors (Lipinski definition) is 0. The summed E-state index contributed by atoms with van der Waals surface area (Å²) in [6.45, 7) is 2.02. The Morgan fingerprint density at radius 2 is 1.50 bits per heavy atom. The quantitative estimate of drug-likeness (QED) is 0.799. The molecule has 1 aliphatic rings. The standard InChI is InChI=1S/C18H16N2O3S/c1-2-24-18(23)19(12-13-8-4-3-5-9-13)20-16(21)14-10-6-7-11-15(14)17(20)22/h3-11H,2,12H2,1H3. The molecule has 0 fully saturated rings. The van der Waals surface area contributed by atoms with E-state index in [0.717, 1.165) is 22.3 Å². The van der Waals surface area contributed by atoms with E-state index in [0.29, 0.717) is 16.9 Å². The molecule has 0 N–H and O–H groups in total. The van der Waals surface area contributed by atoms with Gasteiger partial charge in [-0.05, 0) is 23.4 Å². The number of thioether (sulfide) groups is 1. The van der Waals surface area contributed by atoms with Crippen molar-refractivity contribution in [1.29, 1.82) is 0 Å². The number of imide groups is 1. The van der Waals surface area contributed by atoms with Crippen molar-refractivity contribution in [3.8, 4) is 0 Å². The number of rotatable bonds is 4. The van der Waals surface area contributed by atoms with Crippen molar-refractivity contribution in [3.63, 3.8) is 0 Å². The molecule has 122 valence electrons. The van der Waals surface area contributed by atoms with Gasteiger partial charge in [0.25, 0.3) is 11.8 Å². The van der Waals surface area contributed by atoms with Crippen LogP contribution in [-0.4, -0.2) is 32.8 Å². The summed E-state index contributed by atoms with van der Waals surface area (Å²) in [6, 6.07) is 15.9. The number of benzene rings is 2. The van der Waals surface area contributed by atoms with Crippen LogP contribution in [0.2, 0.25) is 0 Å². The van der Waals surface area contributed by atoms with Gasteiger partial charge >= 0.3 is 5.24 Å². The minimum absolute atomic E-state index is 0.165. The van der Waals surface area contributed by atoms with Gasteiger partial charge in [0, 0.05) is 0 Å². The third kappa shape index (κ3) is 2.92. The van der Waals surface area contributed by atoms with Crippen LogP contribution in [0.1, 0.15) is 33.2 Å². The summed E-state index contributed by atoms with van der Waals surface area (Å²) in [6.07, 6.45) is 0.